The molecule has 4 heterocycles. The molecule has 6 atom stereocenters. The molecule has 7 rings (SSSR count). The van der Waals surface area contributed by atoms with E-state index in [1.807, 2.05) is 25.1 Å². The maximum Gasteiger partial charge on any atom is 0.304 e. The number of benzene rings is 3. The largest absolute Gasteiger partial charge is 0.497 e. The van der Waals surface area contributed by atoms with Crippen LogP contribution < -0.4 is 24.6 Å². The quantitative estimate of drug-likeness (QED) is 0.172. The van der Waals surface area contributed by atoms with Gasteiger partial charge in [0.2, 0.25) is 11.8 Å². The topological polar surface area (TPSA) is 152 Å². The Bertz CT molecular complexity index is 2020. The van der Waals surface area contributed by atoms with Crippen LogP contribution in [0, 0.1) is 5.92 Å². The number of ether oxygens (including phenoxy) is 4. The molecule has 14 heteroatoms. The van der Waals surface area contributed by atoms with Gasteiger partial charge in [-0.2, -0.15) is 0 Å². The van der Waals surface area contributed by atoms with Crippen LogP contribution in [0.1, 0.15) is 51.2 Å². The van der Waals surface area contributed by atoms with E-state index < -0.39 is 44.2 Å². The molecule has 2 unspecified atom stereocenters. The number of methoxy groups -OCH3 is 1. The van der Waals surface area contributed by atoms with Crippen molar-refractivity contribution >= 4 is 60.0 Å². The first-order valence-corrected chi connectivity index (χ1v) is 21.3. The van der Waals surface area contributed by atoms with Gasteiger partial charge in [-0.15, -0.1) is 0 Å². The normalized spacial score (nSPS) is 26.1. The van der Waals surface area contributed by atoms with Crippen LogP contribution in [-0.4, -0.2) is 75.1 Å². The zero-order valence-corrected chi connectivity index (χ0v) is 32.2. The van der Waals surface area contributed by atoms with Crippen molar-refractivity contribution in [3.63, 3.8) is 0 Å². The number of hydrogen-bond acceptors (Lipinski definition) is 10. The molecule has 3 saturated heterocycles. The molecule has 3 aromatic carbocycles. The summed E-state index contributed by atoms with van der Waals surface area (Å²) in [4.78, 5) is 68.9. The second-order valence-electron chi connectivity index (χ2n) is 15.0. The molecule has 0 aromatic heterocycles. The van der Waals surface area contributed by atoms with Crippen LogP contribution in [0.15, 0.2) is 66.7 Å². The summed E-state index contributed by atoms with van der Waals surface area (Å²) in [5.41, 5.74) is 1.35. The van der Waals surface area contributed by atoms with E-state index in [-0.39, 0.29) is 55.2 Å². The number of amides is 3. The molecule has 13 nitrogen and oxygen atoms in total. The summed E-state index contributed by atoms with van der Waals surface area (Å²) in [6.07, 6.45) is -1.47. The lowest BCUT2D eigenvalue weighted by Gasteiger charge is -2.39. The lowest BCUT2D eigenvalue weighted by molar-refractivity contribution is -0.155. The predicted octanol–water partition coefficient (Wildman–Crippen LogP) is 4.09. The van der Waals surface area contributed by atoms with Gasteiger partial charge in [0.1, 0.15) is 5.75 Å². The minimum atomic E-state index is -2.46. The van der Waals surface area contributed by atoms with Crippen LogP contribution in [-0.2, 0) is 50.3 Å². The van der Waals surface area contributed by atoms with E-state index in [2.05, 4.69) is 25.2 Å². The molecule has 3 amide bonds. The van der Waals surface area contributed by atoms with Crippen LogP contribution >= 0.6 is 0 Å². The third kappa shape index (κ3) is 6.05. The zero-order valence-electron chi connectivity index (χ0n) is 31.2. The Hall–Kier alpha value is -5.05. The van der Waals surface area contributed by atoms with Gasteiger partial charge in [0, 0.05) is 43.3 Å². The molecular formula is C40H45N3O10Si. The highest BCUT2D eigenvalue weighted by atomic mass is 28.3. The number of carbonyl (C=O) groups excluding carboxylic acids is 5. The van der Waals surface area contributed by atoms with E-state index in [1.165, 1.54) is 23.6 Å². The maximum atomic E-state index is 15.3. The lowest BCUT2D eigenvalue weighted by atomic mass is 9.82. The Morgan fingerprint density at radius 3 is 2.06 bits per heavy atom. The Morgan fingerprint density at radius 2 is 1.50 bits per heavy atom. The van der Waals surface area contributed by atoms with Crippen molar-refractivity contribution < 1.29 is 48.0 Å². The van der Waals surface area contributed by atoms with Gasteiger partial charge >= 0.3 is 11.9 Å². The smallest absolute Gasteiger partial charge is 0.304 e. The molecule has 4 aliphatic rings. The summed E-state index contributed by atoms with van der Waals surface area (Å²) in [7, 11) is -0.836. The van der Waals surface area contributed by atoms with Gasteiger partial charge in [-0.3, -0.25) is 33.8 Å². The molecule has 3 fully saturated rings. The fraction of sp³-hybridized carbons (Fsp3) is 0.425. The Kier molecular flexibility index (Phi) is 9.65. The minimum Gasteiger partial charge on any atom is -0.497 e. The molecule has 0 radical (unpaired) electrons. The van der Waals surface area contributed by atoms with Crippen molar-refractivity contribution in [2.75, 3.05) is 28.4 Å². The van der Waals surface area contributed by atoms with Crippen molar-refractivity contribution in [1.82, 2.24) is 0 Å². The number of β-lactam (4-membered cyclic amide) rings is 2. The number of aliphatic hydroxyl groups excluding tert-OH is 1. The second kappa shape index (κ2) is 14.0. The highest BCUT2D eigenvalue weighted by Gasteiger charge is 2.66. The van der Waals surface area contributed by atoms with Crippen molar-refractivity contribution in [3.05, 3.63) is 77.9 Å². The molecule has 0 aliphatic carbocycles. The number of nitrogens with zero attached hydrogens (tertiary/aromatic N) is 3. The summed E-state index contributed by atoms with van der Waals surface area (Å²) in [6, 6.07) is 20.6. The number of aliphatic hydroxyl groups is 1. The highest BCUT2D eigenvalue weighted by molar-refractivity contribution is 6.91. The van der Waals surface area contributed by atoms with Gasteiger partial charge in [-0.05, 0) is 60.0 Å². The molecular weight excluding hydrogens is 711 g/mol. The van der Waals surface area contributed by atoms with Gasteiger partial charge in [0.15, 0.2) is 18.1 Å². The van der Waals surface area contributed by atoms with E-state index in [1.54, 1.807) is 48.4 Å². The van der Waals surface area contributed by atoms with E-state index in [0.717, 1.165) is 16.5 Å². The summed E-state index contributed by atoms with van der Waals surface area (Å²) in [5.74, 6) is -1.30. The van der Waals surface area contributed by atoms with E-state index in [0.29, 0.717) is 29.0 Å². The molecule has 284 valence electrons. The van der Waals surface area contributed by atoms with Crippen LogP contribution in [0.25, 0.3) is 0 Å². The number of anilines is 3. The van der Waals surface area contributed by atoms with E-state index >= 15 is 4.79 Å². The van der Waals surface area contributed by atoms with Crippen LogP contribution in [0.3, 0.4) is 0 Å². The molecule has 1 spiro atoms. The maximum absolute atomic E-state index is 15.3. The van der Waals surface area contributed by atoms with Crippen molar-refractivity contribution in [2.45, 2.75) is 89.4 Å². The van der Waals surface area contributed by atoms with E-state index in [9.17, 15) is 24.3 Å². The molecule has 54 heavy (non-hydrogen) atoms. The first kappa shape index (κ1) is 37.3. The summed E-state index contributed by atoms with van der Waals surface area (Å²) in [6.45, 7) is 9.14. The fourth-order valence-corrected chi connectivity index (χ4v) is 13.0. The first-order valence-electron chi connectivity index (χ1n) is 18.2. The van der Waals surface area contributed by atoms with Gasteiger partial charge < -0.3 is 29.0 Å². The van der Waals surface area contributed by atoms with Gasteiger partial charge in [-0.25, -0.2) is 0 Å². The van der Waals surface area contributed by atoms with Crippen LogP contribution in [0.4, 0.5) is 17.1 Å². The molecule has 3 aromatic rings. The third-order valence-corrected chi connectivity index (χ3v) is 15.8. The summed E-state index contributed by atoms with van der Waals surface area (Å²) in [5, 5.41) is 11.5. The third-order valence-electron chi connectivity index (χ3n) is 11.5. The highest BCUT2D eigenvalue weighted by Crippen LogP contribution is 2.60. The number of rotatable bonds is 11. The molecule has 4 aliphatic heterocycles. The molecule has 0 bridgehead atoms. The Labute approximate surface area is 314 Å². The summed E-state index contributed by atoms with van der Waals surface area (Å²) < 4.78 is 23.3. The molecule has 1 N–H and O–H groups in total. The fourth-order valence-electron chi connectivity index (χ4n) is 8.96. The van der Waals surface area contributed by atoms with Crippen LogP contribution in [0.2, 0.25) is 18.6 Å². The number of carbonyl (C=O) groups is 5. The number of fused-ring (bicyclic) bond motifs is 2. The van der Waals surface area contributed by atoms with Crippen molar-refractivity contribution in [3.8, 4) is 5.75 Å². The minimum absolute atomic E-state index is 0.0518. The number of hydrogen-bond donors (Lipinski definition) is 1. The van der Waals surface area contributed by atoms with Gasteiger partial charge in [-0.1, -0.05) is 49.5 Å². The zero-order chi connectivity index (χ0) is 38.7. The SMILES string of the molecule is COc1ccc([Si](C)(C)[C@H]2[C@H](CCO)O[C@@]3(C(=O)N(Cc4cccc(N5C(=O)CC5OC(C)=O)c4)c4ccc(N5C(=O)CC5OC(C)=O)cc43)[C@@H]2C)cc1. The van der Waals surface area contributed by atoms with E-state index in [4.69, 9.17) is 18.9 Å². The van der Waals surface area contributed by atoms with Crippen LogP contribution in [0.5, 0.6) is 5.75 Å². The monoisotopic (exact) mass is 755 g/mol. The number of esters is 2. The standard InChI is InChI=1S/C40H45N3O10Si/c1-23-38(54(5,6)30-13-11-29(50-4)12-14-30)33(16-17-44)53-40(23)31-19-28(43-35(48)21-37(43)52-25(3)46)10-15-32(31)41(39(40)49)22-26-8-7-9-27(18-26)42-34(47)20-36(42)51-24(2)45/h7-15,18-19,23,33,36-38,44H,16-17,20-22H2,1-6H3/t23-,33+,36?,37?,38-,40+/m1/s1. The average molecular weight is 756 g/mol. The van der Waals surface area contributed by atoms with Gasteiger partial charge in [0.05, 0.1) is 46.4 Å². The first-order chi connectivity index (χ1) is 25.7. The average Bonchev–Trinajstić information content (AvgIpc) is 3.53. The Balaban J connectivity index is 1.31. The Morgan fingerprint density at radius 1 is 0.889 bits per heavy atom. The van der Waals surface area contributed by atoms with Crippen molar-refractivity contribution in [1.29, 1.82) is 0 Å². The molecule has 0 saturated carbocycles. The predicted molar refractivity (Wildman–Crippen MR) is 201 cm³/mol. The summed E-state index contributed by atoms with van der Waals surface area (Å²) >= 11 is 0. The van der Waals surface area contributed by atoms with Gasteiger partial charge in [0.25, 0.3) is 5.91 Å². The van der Waals surface area contributed by atoms with Crippen molar-refractivity contribution in [2.24, 2.45) is 5.92 Å². The second-order valence-corrected chi connectivity index (χ2v) is 19.7. The lowest BCUT2D eigenvalue weighted by Crippen LogP contribution is -2.55.